The van der Waals surface area contributed by atoms with Crippen LogP contribution in [0.25, 0.3) is 0 Å². The molecular weight excluding hydrogens is 220 g/mol. The topological polar surface area (TPSA) is 67.4 Å². The molecule has 17 heavy (non-hydrogen) atoms. The van der Waals surface area contributed by atoms with Crippen molar-refractivity contribution in [3.8, 4) is 0 Å². The number of nitrogens with one attached hydrogen (secondary N) is 2. The number of rotatable bonds is 6. The van der Waals surface area contributed by atoms with Crippen LogP contribution in [0, 0.1) is 0 Å². The highest BCUT2D eigenvalue weighted by Gasteiger charge is 2.12. The van der Waals surface area contributed by atoms with Crippen molar-refractivity contribution < 1.29 is 14.3 Å². The lowest BCUT2D eigenvalue weighted by Crippen LogP contribution is -2.36. The summed E-state index contributed by atoms with van der Waals surface area (Å²) in [6.07, 6.45) is 0.291. The lowest BCUT2D eigenvalue weighted by molar-refractivity contribution is -0.130. The molecule has 0 rings (SSSR count). The smallest absolute Gasteiger partial charge is 0.246 e. The Hall–Kier alpha value is -1.10. The van der Waals surface area contributed by atoms with Crippen molar-refractivity contribution in [3.05, 3.63) is 0 Å². The predicted molar refractivity (Wildman–Crippen MR) is 66.6 cm³/mol. The Morgan fingerprint density at radius 1 is 1.18 bits per heavy atom. The van der Waals surface area contributed by atoms with Crippen LogP contribution < -0.4 is 10.6 Å². The molecule has 0 aliphatic carbocycles. The van der Waals surface area contributed by atoms with Crippen LogP contribution in [0.1, 0.15) is 41.0 Å². The van der Waals surface area contributed by atoms with Gasteiger partial charge in [-0.25, -0.2) is 0 Å². The lowest BCUT2D eigenvalue weighted by Gasteiger charge is -2.18. The second kappa shape index (κ2) is 7.27. The summed E-state index contributed by atoms with van der Waals surface area (Å²) in [5.74, 6) is -0.255. The Morgan fingerprint density at radius 3 is 2.24 bits per heavy atom. The molecule has 0 spiro atoms. The van der Waals surface area contributed by atoms with Crippen molar-refractivity contribution in [2.45, 2.75) is 52.7 Å². The number of hydrogen-bond acceptors (Lipinski definition) is 3. The Balaban J connectivity index is 3.61. The van der Waals surface area contributed by atoms with E-state index in [1.165, 1.54) is 0 Å². The summed E-state index contributed by atoms with van der Waals surface area (Å²) in [6.45, 7) is 9.81. The van der Waals surface area contributed by atoms with Gasteiger partial charge < -0.3 is 15.4 Å². The van der Waals surface area contributed by atoms with Gasteiger partial charge in [0.15, 0.2) is 0 Å². The molecule has 0 aromatic heterocycles. The number of hydrogen-bond donors (Lipinski definition) is 2. The molecule has 0 aliphatic heterocycles. The monoisotopic (exact) mass is 244 g/mol. The molecule has 0 bridgehead atoms. The van der Waals surface area contributed by atoms with Gasteiger partial charge in [-0.15, -0.1) is 0 Å². The predicted octanol–water partition coefficient (Wildman–Crippen LogP) is 0.832. The fourth-order valence-corrected chi connectivity index (χ4v) is 1.04. The van der Waals surface area contributed by atoms with E-state index >= 15 is 0 Å². The average molecular weight is 244 g/mol. The van der Waals surface area contributed by atoms with E-state index in [4.69, 9.17) is 4.74 Å². The molecule has 0 aliphatic rings. The van der Waals surface area contributed by atoms with E-state index in [0.29, 0.717) is 13.0 Å². The van der Waals surface area contributed by atoms with E-state index in [9.17, 15) is 9.59 Å². The Morgan fingerprint density at radius 2 is 1.76 bits per heavy atom. The van der Waals surface area contributed by atoms with Gasteiger partial charge in [-0.3, -0.25) is 9.59 Å². The summed E-state index contributed by atoms with van der Waals surface area (Å²) in [4.78, 5) is 22.6. The summed E-state index contributed by atoms with van der Waals surface area (Å²) in [6, 6.07) is 0.127. The molecule has 2 amide bonds. The Kier molecular flexibility index (Phi) is 6.80. The summed E-state index contributed by atoms with van der Waals surface area (Å²) >= 11 is 0. The third kappa shape index (κ3) is 11.2. The molecule has 0 atom stereocenters. The number of amides is 2. The number of carbonyl (C=O) groups excluding carboxylic acids is 2. The van der Waals surface area contributed by atoms with E-state index in [-0.39, 0.29) is 30.1 Å². The highest BCUT2D eigenvalue weighted by Crippen LogP contribution is 2.05. The minimum absolute atomic E-state index is 0.0231. The lowest BCUT2D eigenvalue weighted by atomic mass is 10.2. The molecular formula is C12H24N2O3. The van der Waals surface area contributed by atoms with E-state index < -0.39 is 0 Å². The van der Waals surface area contributed by atoms with Crippen LogP contribution >= 0.6 is 0 Å². The Bertz CT molecular complexity index is 257. The zero-order valence-corrected chi connectivity index (χ0v) is 11.4. The van der Waals surface area contributed by atoms with Crippen LogP contribution in [-0.4, -0.2) is 36.6 Å². The van der Waals surface area contributed by atoms with Crippen LogP contribution in [0.3, 0.4) is 0 Å². The van der Waals surface area contributed by atoms with Crippen molar-refractivity contribution in [2.24, 2.45) is 0 Å². The van der Waals surface area contributed by atoms with E-state index in [1.807, 2.05) is 34.6 Å². The molecule has 2 N–H and O–H groups in total. The first-order valence-corrected chi connectivity index (χ1v) is 5.91. The quantitative estimate of drug-likeness (QED) is 0.727. The van der Waals surface area contributed by atoms with Crippen LogP contribution in [-0.2, 0) is 14.3 Å². The first-order chi connectivity index (χ1) is 7.70. The highest BCUT2D eigenvalue weighted by molar-refractivity contribution is 5.79. The first kappa shape index (κ1) is 15.9. The molecule has 0 fully saturated rings. The third-order valence-corrected chi connectivity index (χ3v) is 1.76. The minimum atomic E-state index is -0.327. The van der Waals surface area contributed by atoms with Gasteiger partial charge in [0.1, 0.15) is 6.61 Å². The van der Waals surface area contributed by atoms with Crippen LogP contribution in [0.5, 0.6) is 0 Å². The van der Waals surface area contributed by atoms with Gasteiger partial charge >= 0.3 is 0 Å². The summed E-state index contributed by atoms with van der Waals surface area (Å²) in [5.41, 5.74) is -0.327. The van der Waals surface area contributed by atoms with Gasteiger partial charge in [0, 0.05) is 19.0 Å². The maximum Gasteiger partial charge on any atom is 0.246 e. The van der Waals surface area contributed by atoms with Crippen LogP contribution in [0.15, 0.2) is 0 Å². The van der Waals surface area contributed by atoms with Gasteiger partial charge in [-0.05, 0) is 34.6 Å². The molecule has 5 nitrogen and oxygen atoms in total. The second-order valence-electron chi connectivity index (χ2n) is 5.22. The zero-order valence-electron chi connectivity index (χ0n) is 11.4. The van der Waals surface area contributed by atoms with Crippen molar-refractivity contribution in [1.82, 2.24) is 10.6 Å². The van der Waals surface area contributed by atoms with Crippen molar-refractivity contribution >= 4 is 11.8 Å². The molecule has 0 aromatic rings. The largest absolute Gasteiger partial charge is 0.366 e. The third-order valence-electron chi connectivity index (χ3n) is 1.76. The van der Waals surface area contributed by atoms with Gasteiger partial charge in [0.25, 0.3) is 0 Å². The summed E-state index contributed by atoms with van der Waals surface area (Å²) < 4.78 is 5.30. The van der Waals surface area contributed by atoms with Gasteiger partial charge in [-0.2, -0.15) is 0 Å². The fraction of sp³-hybridized carbons (Fsp3) is 0.833. The molecule has 0 saturated heterocycles. The molecule has 0 heterocycles. The maximum absolute atomic E-state index is 11.3. The van der Waals surface area contributed by atoms with Crippen LogP contribution in [0.4, 0.5) is 0 Å². The first-order valence-electron chi connectivity index (χ1n) is 5.91. The van der Waals surface area contributed by atoms with Gasteiger partial charge in [0.2, 0.25) is 11.8 Å². The zero-order chi connectivity index (χ0) is 13.5. The Labute approximate surface area is 103 Å². The standard InChI is InChI=1S/C12H24N2O3/c1-9(2)14-10(15)6-7-13-11(16)8-17-12(3,4)5/h9H,6-8H2,1-5H3,(H,13,16)(H,14,15). The summed E-state index contributed by atoms with van der Waals surface area (Å²) in [7, 11) is 0. The van der Waals surface area contributed by atoms with Gasteiger partial charge in [0.05, 0.1) is 5.60 Å². The van der Waals surface area contributed by atoms with Crippen molar-refractivity contribution in [3.63, 3.8) is 0 Å². The molecule has 0 saturated carbocycles. The molecule has 5 heteroatoms. The number of ether oxygens (including phenoxy) is 1. The molecule has 0 unspecified atom stereocenters. The molecule has 0 aromatic carbocycles. The molecule has 100 valence electrons. The maximum atomic E-state index is 11.3. The SMILES string of the molecule is CC(C)NC(=O)CCNC(=O)COC(C)(C)C. The average Bonchev–Trinajstić information content (AvgIpc) is 2.12. The van der Waals surface area contributed by atoms with E-state index in [0.717, 1.165) is 0 Å². The fourth-order valence-electron chi connectivity index (χ4n) is 1.04. The number of carbonyl (C=O) groups is 2. The minimum Gasteiger partial charge on any atom is -0.366 e. The highest BCUT2D eigenvalue weighted by atomic mass is 16.5. The normalized spacial score (nSPS) is 11.4. The second-order valence-corrected chi connectivity index (χ2v) is 5.22. The van der Waals surface area contributed by atoms with E-state index in [2.05, 4.69) is 10.6 Å². The van der Waals surface area contributed by atoms with Crippen molar-refractivity contribution in [2.75, 3.05) is 13.2 Å². The van der Waals surface area contributed by atoms with Crippen LogP contribution in [0.2, 0.25) is 0 Å². The molecule has 0 radical (unpaired) electrons. The van der Waals surface area contributed by atoms with Gasteiger partial charge in [-0.1, -0.05) is 0 Å². The summed E-state index contributed by atoms with van der Waals surface area (Å²) in [5, 5.41) is 5.39. The van der Waals surface area contributed by atoms with Crippen molar-refractivity contribution in [1.29, 1.82) is 0 Å². The van der Waals surface area contributed by atoms with E-state index in [1.54, 1.807) is 0 Å².